The number of halogens is 3. The minimum Gasteiger partial charge on any atom is -0.496 e. The van der Waals surface area contributed by atoms with E-state index in [-0.39, 0.29) is 39.0 Å². The van der Waals surface area contributed by atoms with Crippen LogP contribution in [-0.4, -0.2) is 41.5 Å². The lowest BCUT2D eigenvalue weighted by molar-refractivity contribution is -0.137. The summed E-state index contributed by atoms with van der Waals surface area (Å²) < 4.78 is 45.9. The second-order valence-corrected chi connectivity index (χ2v) is 8.94. The van der Waals surface area contributed by atoms with Crippen molar-refractivity contribution in [3.05, 3.63) is 58.4 Å². The molecule has 37 heavy (non-hydrogen) atoms. The molecule has 8 nitrogen and oxygen atoms in total. The van der Waals surface area contributed by atoms with E-state index in [0.717, 1.165) is 36.3 Å². The zero-order valence-electron chi connectivity index (χ0n) is 19.8. The van der Waals surface area contributed by atoms with Crippen molar-refractivity contribution in [3.8, 4) is 28.7 Å². The summed E-state index contributed by atoms with van der Waals surface area (Å²) in [6.45, 7) is 0. The van der Waals surface area contributed by atoms with E-state index in [2.05, 4.69) is 37.3 Å². The van der Waals surface area contributed by atoms with Gasteiger partial charge in [0, 0.05) is 36.5 Å². The van der Waals surface area contributed by atoms with Gasteiger partial charge < -0.3 is 10.5 Å². The molecular formula is C25H21F3N6O2S. The predicted octanol–water partition coefficient (Wildman–Crippen LogP) is 4.64. The second kappa shape index (κ2) is 10.8. The van der Waals surface area contributed by atoms with Crippen LogP contribution in [0.5, 0.6) is 5.75 Å². The Morgan fingerprint density at radius 2 is 2.05 bits per heavy atom. The summed E-state index contributed by atoms with van der Waals surface area (Å²) in [5.41, 5.74) is 5.76. The van der Waals surface area contributed by atoms with Crippen molar-refractivity contribution in [2.24, 2.45) is 16.6 Å². The largest absolute Gasteiger partial charge is 0.496 e. The number of ether oxygens (including phenoxy) is 1. The third-order valence-electron chi connectivity index (χ3n) is 5.27. The molecule has 0 radical (unpaired) electrons. The fourth-order valence-corrected chi connectivity index (χ4v) is 3.83. The van der Waals surface area contributed by atoms with Gasteiger partial charge in [0.2, 0.25) is 5.13 Å². The van der Waals surface area contributed by atoms with Gasteiger partial charge >= 0.3 is 6.18 Å². The van der Waals surface area contributed by atoms with Gasteiger partial charge in [-0.1, -0.05) is 17.3 Å². The molecule has 0 unspecified atom stereocenters. The fraction of sp³-hybridized carbons (Fsp3) is 0.240. The summed E-state index contributed by atoms with van der Waals surface area (Å²) in [4.78, 5) is 21.3. The number of rotatable bonds is 6. The first-order valence-electron chi connectivity index (χ1n) is 11.0. The molecule has 3 aromatic rings. The van der Waals surface area contributed by atoms with E-state index in [1.54, 1.807) is 7.05 Å². The van der Waals surface area contributed by atoms with Crippen molar-refractivity contribution in [1.82, 2.24) is 15.2 Å². The van der Waals surface area contributed by atoms with E-state index in [0.29, 0.717) is 10.9 Å². The Bertz CT molecular complexity index is 1450. The van der Waals surface area contributed by atoms with Gasteiger partial charge in [-0.05, 0) is 49.1 Å². The van der Waals surface area contributed by atoms with Crippen LogP contribution in [0, 0.1) is 17.8 Å². The first-order valence-corrected chi connectivity index (χ1v) is 11.8. The van der Waals surface area contributed by atoms with Crippen molar-refractivity contribution < 1.29 is 22.7 Å². The molecule has 2 aromatic heterocycles. The quantitative estimate of drug-likeness (QED) is 0.357. The van der Waals surface area contributed by atoms with E-state index >= 15 is 0 Å². The number of aliphatic imine (C=N–C) groups is 1. The maximum atomic E-state index is 13.5. The summed E-state index contributed by atoms with van der Waals surface area (Å²) >= 11 is 1.09. The van der Waals surface area contributed by atoms with Gasteiger partial charge in [-0.3, -0.25) is 20.1 Å². The number of amides is 1. The molecule has 1 aliphatic carbocycles. The van der Waals surface area contributed by atoms with Gasteiger partial charge in [0.05, 0.1) is 29.6 Å². The number of nitrogens with two attached hydrogens (primary N) is 1. The molecule has 1 aliphatic rings. The van der Waals surface area contributed by atoms with Gasteiger partial charge in [-0.25, -0.2) is 0 Å². The van der Waals surface area contributed by atoms with E-state index in [9.17, 15) is 18.0 Å². The molecule has 0 saturated heterocycles. The molecular weight excluding hydrogens is 505 g/mol. The van der Waals surface area contributed by atoms with Crippen molar-refractivity contribution >= 4 is 34.3 Å². The topological polar surface area (TPSA) is 115 Å². The van der Waals surface area contributed by atoms with E-state index < -0.39 is 17.6 Å². The molecule has 3 N–H and O–H groups in total. The van der Waals surface area contributed by atoms with Crippen molar-refractivity contribution in [2.75, 3.05) is 19.5 Å². The molecule has 1 amide bonds. The maximum Gasteiger partial charge on any atom is 0.416 e. The molecule has 0 bridgehead atoms. The summed E-state index contributed by atoms with van der Waals surface area (Å²) in [6.07, 6.45) is 1.68. The zero-order valence-corrected chi connectivity index (χ0v) is 20.6. The van der Waals surface area contributed by atoms with Crippen LogP contribution in [0.1, 0.15) is 39.5 Å². The number of carbonyl (C=O) groups is 1. The van der Waals surface area contributed by atoms with E-state index in [4.69, 9.17) is 10.5 Å². The van der Waals surface area contributed by atoms with Crippen molar-refractivity contribution in [2.45, 2.75) is 19.0 Å². The second-order valence-electron chi connectivity index (χ2n) is 7.97. The third-order valence-corrected chi connectivity index (χ3v) is 6.02. The molecule has 1 aromatic carbocycles. The van der Waals surface area contributed by atoms with Gasteiger partial charge in [0.15, 0.2) is 5.01 Å². The monoisotopic (exact) mass is 526 g/mol. The number of aromatic nitrogens is 3. The standard InChI is InChI=1S/C25H21F3N6O2S/c1-30-10-9-19(29)20-12-16(17-11-15(25(26,27)28)6-7-21(17)36-2)18(13-31-20)23(35)32-24-34-33-22(37-24)8-5-14-3-4-14/h6-7,9-14H,3-4,29H2,1-2H3,(H,32,34,35)/b19-9-,30-10?. The van der Waals surface area contributed by atoms with Crippen LogP contribution >= 0.6 is 11.3 Å². The number of hydrogen-bond acceptors (Lipinski definition) is 8. The van der Waals surface area contributed by atoms with E-state index in [1.165, 1.54) is 37.7 Å². The summed E-state index contributed by atoms with van der Waals surface area (Å²) in [5, 5.41) is 11.2. The predicted molar refractivity (Wildman–Crippen MR) is 135 cm³/mol. The number of allylic oxidation sites excluding steroid dienone is 1. The fourth-order valence-electron chi connectivity index (χ4n) is 3.23. The lowest BCUT2D eigenvalue weighted by Crippen LogP contribution is -2.15. The molecule has 190 valence electrons. The summed E-state index contributed by atoms with van der Waals surface area (Å²) in [6, 6.07) is 4.44. The number of alkyl halides is 3. The molecule has 12 heteroatoms. The van der Waals surface area contributed by atoms with Crippen LogP contribution < -0.4 is 15.8 Å². The maximum absolute atomic E-state index is 13.5. The molecule has 4 rings (SSSR count). The lowest BCUT2D eigenvalue weighted by Gasteiger charge is -2.16. The average molecular weight is 527 g/mol. The first kappa shape index (κ1) is 25.8. The first-order chi connectivity index (χ1) is 17.7. The highest BCUT2D eigenvalue weighted by Crippen LogP contribution is 2.39. The smallest absolute Gasteiger partial charge is 0.416 e. The lowest BCUT2D eigenvalue weighted by atomic mass is 9.96. The highest BCUT2D eigenvalue weighted by atomic mass is 32.1. The minimum atomic E-state index is -4.61. The van der Waals surface area contributed by atoms with Crippen LogP contribution in [0.15, 0.2) is 41.5 Å². The minimum absolute atomic E-state index is 0.0147. The number of hydrogen-bond donors (Lipinski definition) is 2. The molecule has 2 heterocycles. The Morgan fingerprint density at radius 3 is 2.73 bits per heavy atom. The van der Waals surface area contributed by atoms with Crippen LogP contribution in [0.4, 0.5) is 18.3 Å². The number of benzene rings is 1. The number of pyridine rings is 1. The van der Waals surface area contributed by atoms with Crippen LogP contribution in [0.3, 0.4) is 0 Å². The Balaban J connectivity index is 1.77. The molecule has 1 fully saturated rings. The zero-order chi connectivity index (χ0) is 26.6. The third kappa shape index (κ3) is 6.31. The summed E-state index contributed by atoms with van der Waals surface area (Å²) in [5.74, 6) is 5.85. The van der Waals surface area contributed by atoms with Crippen molar-refractivity contribution in [1.29, 1.82) is 0 Å². The molecule has 1 saturated carbocycles. The van der Waals surface area contributed by atoms with Gasteiger partial charge in [-0.2, -0.15) is 13.2 Å². The number of anilines is 1. The molecule has 0 spiro atoms. The van der Waals surface area contributed by atoms with Crippen LogP contribution in [-0.2, 0) is 6.18 Å². The van der Waals surface area contributed by atoms with Crippen LogP contribution in [0.2, 0.25) is 0 Å². The molecule has 0 atom stereocenters. The summed E-state index contributed by atoms with van der Waals surface area (Å²) in [7, 11) is 2.88. The highest BCUT2D eigenvalue weighted by molar-refractivity contribution is 7.15. The molecule has 0 aliphatic heterocycles. The van der Waals surface area contributed by atoms with Gasteiger partial charge in [0.25, 0.3) is 5.91 Å². The SMILES string of the molecule is CN=C/C=C(\N)c1cc(-c2cc(C(F)(F)F)ccc2OC)c(C(=O)Nc2nnc(C#CC3CC3)s2)cn1. The van der Waals surface area contributed by atoms with Crippen molar-refractivity contribution in [3.63, 3.8) is 0 Å². The number of nitrogens with one attached hydrogen (secondary N) is 1. The number of carbonyl (C=O) groups excluding carboxylic acids is 1. The van der Waals surface area contributed by atoms with Gasteiger partial charge in [0.1, 0.15) is 5.75 Å². The highest BCUT2D eigenvalue weighted by Gasteiger charge is 2.32. The number of nitrogens with zero attached hydrogens (tertiary/aromatic N) is 4. The number of methoxy groups -OCH3 is 1. The van der Waals surface area contributed by atoms with Gasteiger partial charge in [-0.15, -0.1) is 10.2 Å². The Hall–Kier alpha value is -4.24. The Labute approximate surface area is 214 Å². The normalized spacial score (nSPS) is 13.8. The Morgan fingerprint density at radius 1 is 1.27 bits per heavy atom. The van der Waals surface area contributed by atoms with E-state index in [1.807, 2.05) is 0 Å². The average Bonchev–Trinajstić information content (AvgIpc) is 3.62. The Kier molecular flexibility index (Phi) is 7.54. The van der Waals surface area contributed by atoms with Crippen LogP contribution in [0.25, 0.3) is 16.8 Å².